The molecule has 2 nitrogen and oxygen atoms in total. The molecule has 0 heterocycles. The summed E-state index contributed by atoms with van der Waals surface area (Å²) in [5.41, 5.74) is 3.99. The maximum absolute atomic E-state index is 10.7. The third-order valence-electron chi connectivity index (χ3n) is 3.65. The minimum absolute atomic E-state index is 0. The van der Waals surface area contributed by atoms with Gasteiger partial charge in [0.25, 0.3) is 0 Å². The first-order chi connectivity index (χ1) is 14.9. The first kappa shape index (κ1) is 30.0. The molecule has 0 saturated carbocycles. The lowest BCUT2D eigenvalue weighted by Crippen LogP contribution is -2.04. The Labute approximate surface area is 207 Å². The highest BCUT2D eigenvalue weighted by atomic mass is 16.1. The Morgan fingerprint density at radius 2 is 1.38 bits per heavy atom. The van der Waals surface area contributed by atoms with Gasteiger partial charge in [0.1, 0.15) is 6.29 Å². The summed E-state index contributed by atoms with van der Waals surface area (Å²) in [6, 6.07) is 6.63. The number of hydrogen-bond acceptors (Lipinski definition) is 1. The number of hydrogen-bond donors (Lipinski definition) is 0. The van der Waals surface area contributed by atoms with Gasteiger partial charge in [-0.3, -0.25) is 0 Å². The first-order valence-electron chi connectivity index (χ1n) is 9.85. The highest BCUT2D eigenvalue weighted by Gasteiger charge is 2.06. The molecule has 0 amide bonds. The van der Waals surface area contributed by atoms with Gasteiger partial charge in [0, 0.05) is 18.8 Å². The van der Waals surface area contributed by atoms with Crippen LogP contribution in [0.3, 0.4) is 0 Å². The van der Waals surface area contributed by atoms with Crippen LogP contribution in [-0.2, 0) is 17.6 Å². The normalized spacial score (nSPS) is 8.16. The molecule has 0 radical (unpaired) electrons. The van der Waals surface area contributed by atoms with Gasteiger partial charge in [-0.2, -0.15) is 0 Å². The zero-order valence-electron chi connectivity index (χ0n) is 19.4. The van der Waals surface area contributed by atoms with Crippen molar-refractivity contribution < 1.29 is 23.1 Å². The molecule has 0 aliphatic heterocycles. The standard InChI is InChI=1S/C15H22O.C15H4.H2O.9H2/c1-11(2)7-14-6-5-13(4)15(9-14)8-12(3)10-16;1-3-5-7-9-11-13-15-14-12-10-8-6-4-2;;;;;;;;;;/h5-6,9-12H,7-8H2,1-4H3;1H,2H3;1H2;9*1H. The van der Waals surface area contributed by atoms with E-state index in [0.29, 0.717) is 5.92 Å². The van der Waals surface area contributed by atoms with E-state index in [0.717, 1.165) is 19.1 Å². The van der Waals surface area contributed by atoms with E-state index in [1.54, 1.807) is 6.92 Å². The van der Waals surface area contributed by atoms with Crippen LogP contribution in [0.1, 0.15) is 57.2 Å². The van der Waals surface area contributed by atoms with Gasteiger partial charge >= 0.3 is 0 Å². The number of terminal acetylenes is 1. The van der Waals surface area contributed by atoms with E-state index in [1.807, 2.05) is 6.92 Å². The van der Waals surface area contributed by atoms with Crippen LogP contribution in [0.5, 0.6) is 0 Å². The minimum Gasteiger partial charge on any atom is -0.412 e. The van der Waals surface area contributed by atoms with Crippen molar-refractivity contribution in [2.24, 2.45) is 11.8 Å². The van der Waals surface area contributed by atoms with Gasteiger partial charge in [0.15, 0.2) is 0 Å². The Morgan fingerprint density at radius 3 is 1.81 bits per heavy atom. The molecule has 0 aliphatic carbocycles. The summed E-state index contributed by atoms with van der Waals surface area (Å²) in [4.78, 5) is 10.7. The molecule has 0 aromatic heterocycles. The number of aldehydes is 1. The Morgan fingerprint density at radius 1 is 0.875 bits per heavy atom. The molecule has 32 heavy (non-hydrogen) atoms. The molecule has 0 spiro atoms. The molecule has 178 valence electrons. The van der Waals surface area contributed by atoms with Gasteiger partial charge in [0.05, 0.1) is 0 Å². The van der Waals surface area contributed by atoms with Gasteiger partial charge in [0.2, 0.25) is 0 Å². The molecule has 2 heteroatoms. The van der Waals surface area contributed by atoms with Gasteiger partial charge in [-0.05, 0) is 120 Å². The molecule has 1 rings (SSSR count). The molecule has 0 bridgehead atoms. The smallest absolute Gasteiger partial charge is 0.123 e. The summed E-state index contributed by atoms with van der Waals surface area (Å²) >= 11 is 0. The largest absolute Gasteiger partial charge is 0.412 e. The molecule has 0 aliphatic rings. The molecule has 0 fully saturated rings. The van der Waals surface area contributed by atoms with Crippen LogP contribution >= 0.6 is 0 Å². The summed E-state index contributed by atoms with van der Waals surface area (Å²) in [6.45, 7) is 10.3. The first-order valence-corrected chi connectivity index (χ1v) is 9.85. The lowest BCUT2D eigenvalue weighted by molar-refractivity contribution is -0.110. The fourth-order valence-corrected chi connectivity index (χ4v) is 2.32. The van der Waals surface area contributed by atoms with Crippen LogP contribution in [0.25, 0.3) is 0 Å². The van der Waals surface area contributed by atoms with Crippen LogP contribution < -0.4 is 0 Å². The minimum atomic E-state index is 0. The van der Waals surface area contributed by atoms with Crippen molar-refractivity contribution >= 4 is 6.29 Å². The van der Waals surface area contributed by atoms with E-state index >= 15 is 0 Å². The Bertz CT molecular complexity index is 1190. The SMILES string of the molecule is C#CC#CC#CC#CC#CC#CC#CC.Cc1ccc(CC(C)C)cc1CC(C)C=O.O.[HH].[HH].[HH].[HH].[HH].[HH].[HH].[HH].[HH]. The van der Waals surface area contributed by atoms with E-state index < -0.39 is 0 Å². The van der Waals surface area contributed by atoms with Crippen molar-refractivity contribution in [3.8, 4) is 83.4 Å². The van der Waals surface area contributed by atoms with Crippen LogP contribution in [0.2, 0.25) is 0 Å². The van der Waals surface area contributed by atoms with Crippen LogP contribution in [0, 0.1) is 102 Å². The Balaban J connectivity index is -0.0000000393. The van der Waals surface area contributed by atoms with Gasteiger partial charge in [-0.15, -0.1) is 6.42 Å². The van der Waals surface area contributed by atoms with Crippen molar-refractivity contribution in [1.29, 1.82) is 0 Å². The quantitative estimate of drug-likeness (QED) is 0.435. The van der Waals surface area contributed by atoms with Gasteiger partial charge < -0.3 is 10.3 Å². The number of carbonyl (C=O) groups is 1. The molecule has 2 N–H and O–H groups in total. The Kier molecular flexibility index (Phi) is 18.8. The van der Waals surface area contributed by atoms with Gasteiger partial charge in [-0.25, -0.2) is 0 Å². The number of aryl methyl sites for hydroxylation is 1. The third kappa shape index (κ3) is 16.7. The average molecular weight is 439 g/mol. The van der Waals surface area contributed by atoms with Crippen molar-refractivity contribution in [1.82, 2.24) is 0 Å². The molecule has 0 saturated heterocycles. The molecular formula is C30H46O2. The van der Waals surface area contributed by atoms with Crippen molar-refractivity contribution in [2.45, 2.75) is 47.5 Å². The number of rotatable bonds is 5. The predicted octanol–water partition coefficient (Wildman–Crippen LogP) is 5.62. The highest BCUT2D eigenvalue weighted by Crippen LogP contribution is 2.17. The van der Waals surface area contributed by atoms with E-state index in [9.17, 15) is 4.79 Å². The van der Waals surface area contributed by atoms with Crippen LogP contribution in [0.15, 0.2) is 18.2 Å². The fraction of sp³-hybridized carbons (Fsp3) is 0.300. The van der Waals surface area contributed by atoms with E-state index in [4.69, 9.17) is 6.42 Å². The second-order valence-electron chi connectivity index (χ2n) is 6.95. The summed E-state index contributed by atoms with van der Waals surface area (Å²) < 4.78 is 0. The predicted molar refractivity (Wildman–Crippen MR) is 152 cm³/mol. The summed E-state index contributed by atoms with van der Waals surface area (Å²) in [6.07, 6.45) is 7.89. The number of carbonyl (C=O) groups excluding carboxylic acids is 1. The van der Waals surface area contributed by atoms with Crippen molar-refractivity contribution in [2.75, 3.05) is 0 Å². The Hall–Kier alpha value is -4.23. The second-order valence-corrected chi connectivity index (χ2v) is 6.95. The summed E-state index contributed by atoms with van der Waals surface area (Å²) in [5, 5.41) is 0. The highest BCUT2D eigenvalue weighted by molar-refractivity contribution is 5.54. The third-order valence-corrected chi connectivity index (χ3v) is 3.65. The fourth-order valence-electron chi connectivity index (χ4n) is 2.32. The van der Waals surface area contributed by atoms with Gasteiger partial charge in [-0.1, -0.05) is 44.9 Å². The lowest BCUT2D eigenvalue weighted by atomic mass is 9.94. The summed E-state index contributed by atoms with van der Waals surface area (Å²) in [5.74, 6) is 32.7. The van der Waals surface area contributed by atoms with Crippen molar-refractivity contribution in [3.05, 3.63) is 34.9 Å². The molecule has 1 aromatic rings. The topological polar surface area (TPSA) is 48.6 Å². The monoisotopic (exact) mass is 438 g/mol. The lowest BCUT2D eigenvalue weighted by Gasteiger charge is -2.11. The van der Waals surface area contributed by atoms with E-state index in [2.05, 4.69) is 116 Å². The maximum Gasteiger partial charge on any atom is 0.123 e. The average Bonchev–Trinajstić information content (AvgIpc) is 2.74. The van der Waals surface area contributed by atoms with Crippen LogP contribution in [-0.4, -0.2) is 11.8 Å². The van der Waals surface area contributed by atoms with E-state index in [-0.39, 0.29) is 24.2 Å². The molecule has 1 unspecified atom stereocenters. The molecule has 1 aromatic carbocycles. The zero-order valence-corrected chi connectivity index (χ0v) is 19.4. The number of benzene rings is 1. The van der Waals surface area contributed by atoms with Crippen molar-refractivity contribution in [3.63, 3.8) is 0 Å². The maximum atomic E-state index is 10.7. The summed E-state index contributed by atoms with van der Waals surface area (Å²) in [7, 11) is 0. The van der Waals surface area contributed by atoms with E-state index in [1.165, 1.54) is 16.7 Å². The molecular weight excluding hydrogens is 392 g/mol. The second kappa shape index (κ2) is 20.1. The molecule has 1 atom stereocenters. The van der Waals surface area contributed by atoms with Crippen LogP contribution in [0.4, 0.5) is 0 Å². The zero-order chi connectivity index (χ0) is 23.3.